The van der Waals surface area contributed by atoms with Crippen molar-refractivity contribution in [3.05, 3.63) is 6.33 Å². The molecule has 0 fully saturated rings. The topological polar surface area (TPSA) is 131 Å². The van der Waals surface area contributed by atoms with Crippen molar-refractivity contribution in [2.24, 2.45) is 11.7 Å². The van der Waals surface area contributed by atoms with Crippen LogP contribution in [0.5, 0.6) is 0 Å². The van der Waals surface area contributed by atoms with E-state index in [2.05, 4.69) is 30.8 Å². The molecule has 0 atom stereocenters. The summed E-state index contributed by atoms with van der Waals surface area (Å²) in [6.45, 7) is 4.00. The Morgan fingerprint density at radius 2 is 1.93 bits per heavy atom. The number of aromatic nitrogens is 4. The fourth-order valence-electron chi connectivity index (χ4n) is 1.00. The fraction of sp³-hybridized carbons (Fsp3) is 0.286. The molecule has 0 radical (unpaired) electrons. The molecule has 0 saturated heterocycles. The Kier molecular flexibility index (Phi) is 3.77. The molecule has 0 amide bonds. The smallest absolute Gasteiger partial charge is 0.241 e. The molecule has 2 heterocycles. The predicted octanol–water partition coefficient (Wildman–Crippen LogP) is -0.0497. The summed E-state index contributed by atoms with van der Waals surface area (Å²) in [7, 11) is 0. The van der Waals surface area contributed by atoms with Crippen molar-refractivity contribution in [2.75, 3.05) is 10.9 Å². The van der Waals surface area contributed by atoms with Gasteiger partial charge >= 0.3 is 0 Å². The van der Waals surface area contributed by atoms with Gasteiger partial charge in [0, 0.05) is 0 Å². The Morgan fingerprint density at radius 3 is 2.53 bits per heavy atom. The highest BCUT2D eigenvalue weighted by molar-refractivity contribution is 5.83. The zero-order valence-corrected chi connectivity index (χ0v) is 8.57. The Morgan fingerprint density at radius 1 is 1.20 bits per heavy atom. The van der Waals surface area contributed by atoms with Gasteiger partial charge in [-0.25, -0.2) is 16.7 Å². The van der Waals surface area contributed by atoms with Crippen LogP contribution in [-0.4, -0.2) is 19.9 Å². The minimum Gasteiger partial charge on any atom is -0.340 e. The maximum atomic E-state index is 5.24. The number of hydrogen-bond donors (Lipinski definition) is 5. The lowest BCUT2D eigenvalue weighted by Gasteiger charge is -2.02. The van der Waals surface area contributed by atoms with E-state index in [1.165, 1.54) is 6.33 Å². The van der Waals surface area contributed by atoms with Gasteiger partial charge in [-0.15, -0.1) is 0 Å². The number of H-pyrrole nitrogens is 1. The van der Waals surface area contributed by atoms with Gasteiger partial charge in [-0.2, -0.15) is 9.97 Å². The predicted molar refractivity (Wildman–Crippen MR) is 58.7 cm³/mol. The average molecular weight is 210 g/mol. The van der Waals surface area contributed by atoms with Gasteiger partial charge in [0.15, 0.2) is 11.5 Å². The van der Waals surface area contributed by atoms with Crippen LogP contribution in [0.15, 0.2) is 6.33 Å². The molecular weight excluding hydrogens is 196 g/mol. The van der Waals surface area contributed by atoms with Gasteiger partial charge in [0.1, 0.15) is 5.52 Å². The molecule has 0 saturated carbocycles. The molecule has 2 aromatic rings. The van der Waals surface area contributed by atoms with Crippen LogP contribution >= 0.6 is 0 Å². The number of anilines is 2. The first-order valence-corrected chi connectivity index (χ1v) is 4.49. The third-order valence-electron chi connectivity index (χ3n) is 1.55. The molecule has 0 aliphatic carbocycles. The number of rotatable bonds is 2. The largest absolute Gasteiger partial charge is 0.340 e. The van der Waals surface area contributed by atoms with Crippen LogP contribution in [0.1, 0.15) is 13.8 Å². The number of nitrogen functional groups attached to an aromatic ring is 2. The van der Waals surface area contributed by atoms with Crippen LogP contribution in [0.2, 0.25) is 0 Å². The molecule has 15 heavy (non-hydrogen) atoms. The molecule has 0 aliphatic rings. The van der Waals surface area contributed by atoms with Gasteiger partial charge in [0.2, 0.25) is 5.95 Å². The van der Waals surface area contributed by atoms with Crippen LogP contribution in [0.4, 0.5) is 11.8 Å². The Hall–Kier alpha value is -1.93. The maximum absolute atomic E-state index is 5.24. The maximum Gasteiger partial charge on any atom is 0.241 e. The fourth-order valence-corrected chi connectivity index (χ4v) is 1.00. The van der Waals surface area contributed by atoms with Crippen molar-refractivity contribution in [2.45, 2.75) is 13.8 Å². The van der Waals surface area contributed by atoms with Crippen molar-refractivity contribution in [1.82, 2.24) is 19.9 Å². The van der Waals surface area contributed by atoms with Crippen molar-refractivity contribution >= 4 is 22.9 Å². The number of nitrogens with one attached hydrogen (secondary N) is 3. The normalized spacial score (nSPS) is 9.33. The monoisotopic (exact) mass is 210 g/mol. The van der Waals surface area contributed by atoms with Crippen LogP contribution in [0.25, 0.3) is 11.2 Å². The van der Waals surface area contributed by atoms with Gasteiger partial charge < -0.3 is 10.4 Å². The van der Waals surface area contributed by atoms with E-state index in [4.69, 9.17) is 11.7 Å². The number of nitrogens with two attached hydrogens (primary N) is 2. The minimum absolute atomic E-state index is 0.257. The van der Waals surface area contributed by atoms with Crippen molar-refractivity contribution in [1.29, 1.82) is 0 Å². The highest BCUT2D eigenvalue weighted by atomic mass is 15.3. The van der Waals surface area contributed by atoms with E-state index in [9.17, 15) is 0 Å². The van der Waals surface area contributed by atoms with E-state index >= 15 is 0 Å². The second-order valence-electron chi connectivity index (χ2n) is 2.29. The molecule has 2 rings (SSSR count). The van der Waals surface area contributed by atoms with Crippen LogP contribution in [0, 0.1) is 0 Å². The molecule has 8 nitrogen and oxygen atoms in total. The molecule has 0 spiro atoms. The Labute approximate surface area is 86.4 Å². The summed E-state index contributed by atoms with van der Waals surface area (Å²) in [5.74, 6) is 11.1. The summed E-state index contributed by atoms with van der Waals surface area (Å²) < 4.78 is 0. The molecule has 8 heteroatoms. The lowest BCUT2D eigenvalue weighted by molar-refractivity contribution is 1.12. The third-order valence-corrected chi connectivity index (χ3v) is 1.55. The first-order chi connectivity index (χ1) is 7.35. The number of hydrogen-bond acceptors (Lipinski definition) is 7. The van der Waals surface area contributed by atoms with Gasteiger partial charge in [-0.05, 0) is 0 Å². The second-order valence-corrected chi connectivity index (χ2v) is 2.29. The Balaban J connectivity index is 0.000000531. The summed E-state index contributed by atoms with van der Waals surface area (Å²) in [4.78, 5) is 14.7. The minimum atomic E-state index is 0.257. The standard InChI is InChI=1S/C5H8N8.C2H6/c6-12-4-2-3(9-1-8-2)10-5(11-4)13-7;1-2/h1H,6-7H2,(H3,8,9,10,11,12,13);1-2H3. The second kappa shape index (κ2) is 5.08. The molecule has 0 bridgehead atoms. The van der Waals surface area contributed by atoms with E-state index in [-0.39, 0.29) is 5.95 Å². The van der Waals surface area contributed by atoms with Gasteiger partial charge in [0.25, 0.3) is 0 Å². The lowest BCUT2D eigenvalue weighted by Crippen LogP contribution is -2.14. The highest BCUT2D eigenvalue weighted by Crippen LogP contribution is 2.16. The van der Waals surface area contributed by atoms with E-state index < -0.39 is 0 Å². The number of imidazole rings is 1. The average Bonchev–Trinajstić information content (AvgIpc) is 2.78. The number of nitrogens with zero attached hydrogens (tertiary/aromatic N) is 3. The molecule has 7 N–H and O–H groups in total. The van der Waals surface area contributed by atoms with Crippen molar-refractivity contribution in [3.63, 3.8) is 0 Å². The van der Waals surface area contributed by atoms with Crippen molar-refractivity contribution < 1.29 is 0 Å². The summed E-state index contributed by atoms with van der Waals surface area (Å²) in [5, 5.41) is 0. The molecule has 0 aromatic carbocycles. The summed E-state index contributed by atoms with van der Waals surface area (Å²) in [5.41, 5.74) is 5.86. The van der Waals surface area contributed by atoms with Gasteiger partial charge in [-0.3, -0.25) is 5.43 Å². The number of hydrazine groups is 2. The summed E-state index contributed by atoms with van der Waals surface area (Å²) >= 11 is 0. The van der Waals surface area contributed by atoms with Crippen LogP contribution in [-0.2, 0) is 0 Å². The van der Waals surface area contributed by atoms with E-state index in [0.717, 1.165) is 0 Å². The third kappa shape index (κ3) is 2.11. The van der Waals surface area contributed by atoms with Crippen LogP contribution in [0.3, 0.4) is 0 Å². The zero-order chi connectivity index (χ0) is 11.3. The van der Waals surface area contributed by atoms with Gasteiger partial charge in [-0.1, -0.05) is 13.8 Å². The SMILES string of the molecule is CC.NNc1nc(NN)c2[nH]cnc2n1. The van der Waals surface area contributed by atoms with Gasteiger partial charge in [0.05, 0.1) is 6.33 Å². The highest BCUT2D eigenvalue weighted by Gasteiger charge is 2.07. The molecule has 82 valence electrons. The van der Waals surface area contributed by atoms with E-state index in [1.807, 2.05) is 13.8 Å². The summed E-state index contributed by atoms with van der Waals surface area (Å²) in [6, 6.07) is 0. The molecule has 0 unspecified atom stereocenters. The first-order valence-electron chi connectivity index (χ1n) is 4.49. The zero-order valence-electron chi connectivity index (χ0n) is 8.57. The van der Waals surface area contributed by atoms with Crippen LogP contribution < -0.4 is 22.5 Å². The molecule has 0 aliphatic heterocycles. The summed E-state index contributed by atoms with van der Waals surface area (Å²) in [6.07, 6.45) is 1.50. The number of aromatic amines is 1. The number of fused-ring (bicyclic) bond motifs is 1. The Bertz CT molecular complexity index is 422. The molecular formula is C7H14N8. The quantitative estimate of drug-likeness (QED) is 0.347. The van der Waals surface area contributed by atoms with Crippen molar-refractivity contribution in [3.8, 4) is 0 Å². The molecule has 2 aromatic heterocycles. The lowest BCUT2D eigenvalue weighted by atomic mass is 10.5. The van der Waals surface area contributed by atoms with E-state index in [0.29, 0.717) is 17.0 Å². The first kappa shape index (κ1) is 11.1. The van der Waals surface area contributed by atoms with E-state index in [1.54, 1.807) is 0 Å².